The number of benzene rings is 1. The van der Waals surface area contributed by atoms with Crippen molar-refractivity contribution in [3.8, 4) is 0 Å². The van der Waals surface area contributed by atoms with Crippen LogP contribution in [0.5, 0.6) is 0 Å². The Morgan fingerprint density at radius 2 is 2.19 bits per heavy atom. The van der Waals surface area contributed by atoms with Gasteiger partial charge in [-0.3, -0.25) is 4.79 Å². The molecule has 1 atom stereocenters. The van der Waals surface area contributed by atoms with Gasteiger partial charge < -0.3 is 4.90 Å². The van der Waals surface area contributed by atoms with Crippen molar-refractivity contribution >= 4 is 43.5 Å². The Hall–Kier alpha value is -0.630. The second-order valence-corrected chi connectivity index (χ2v) is 8.15. The molecule has 0 bridgehead atoms. The molecule has 1 aliphatic rings. The zero-order chi connectivity index (χ0) is 15.6. The Morgan fingerprint density at radius 1 is 1.48 bits per heavy atom. The Bertz CT molecular complexity index is 651. The summed E-state index contributed by atoms with van der Waals surface area (Å²) in [4.78, 5) is 14.1. The van der Waals surface area contributed by atoms with Gasteiger partial charge in [-0.2, -0.15) is 0 Å². The molecule has 1 fully saturated rings. The molecular formula is C13H16BrClN2O3S. The highest BCUT2D eigenvalue weighted by Gasteiger charge is 2.26. The maximum Gasteiger partial charge on any atom is 0.253 e. The lowest BCUT2D eigenvalue weighted by Crippen LogP contribution is -2.49. The van der Waals surface area contributed by atoms with E-state index in [4.69, 9.17) is 11.6 Å². The Balaban J connectivity index is 2.10. The van der Waals surface area contributed by atoms with Crippen LogP contribution in [0.15, 0.2) is 22.7 Å². The zero-order valence-corrected chi connectivity index (χ0v) is 14.6. The lowest BCUT2D eigenvalue weighted by atomic mass is 10.1. The molecule has 1 N–H and O–H groups in total. The highest BCUT2D eigenvalue weighted by Crippen LogP contribution is 2.24. The molecule has 5 nitrogen and oxygen atoms in total. The largest absolute Gasteiger partial charge is 0.337 e. The van der Waals surface area contributed by atoms with E-state index in [2.05, 4.69) is 20.7 Å². The van der Waals surface area contributed by atoms with Gasteiger partial charge in [0.05, 0.1) is 11.3 Å². The van der Waals surface area contributed by atoms with Gasteiger partial charge in [-0.1, -0.05) is 11.6 Å². The summed E-state index contributed by atoms with van der Waals surface area (Å²) in [6.45, 7) is 0.994. The minimum atomic E-state index is -3.27. The maximum atomic E-state index is 12.4. The minimum absolute atomic E-state index is 0.135. The van der Waals surface area contributed by atoms with Gasteiger partial charge in [0.1, 0.15) is 0 Å². The molecular weight excluding hydrogens is 380 g/mol. The summed E-state index contributed by atoms with van der Waals surface area (Å²) in [7, 11) is -3.27. The van der Waals surface area contributed by atoms with Crippen LogP contribution in [0.3, 0.4) is 0 Å². The topological polar surface area (TPSA) is 66.5 Å². The molecule has 116 valence electrons. The second-order valence-electron chi connectivity index (χ2n) is 5.11. The Kier molecular flexibility index (Phi) is 5.29. The number of carbonyl (C=O) groups is 1. The molecule has 1 amide bonds. The van der Waals surface area contributed by atoms with Gasteiger partial charge in [-0.15, -0.1) is 0 Å². The summed E-state index contributed by atoms with van der Waals surface area (Å²) >= 11 is 9.29. The smallest absolute Gasteiger partial charge is 0.253 e. The second kappa shape index (κ2) is 6.64. The predicted molar refractivity (Wildman–Crippen MR) is 86.1 cm³/mol. The number of sulfonamides is 1. The van der Waals surface area contributed by atoms with Gasteiger partial charge in [-0.25, -0.2) is 13.1 Å². The number of carbonyl (C=O) groups excluding carboxylic acids is 1. The molecule has 1 aliphatic heterocycles. The Morgan fingerprint density at radius 3 is 2.81 bits per heavy atom. The van der Waals surface area contributed by atoms with Crippen LogP contribution in [0.25, 0.3) is 0 Å². The summed E-state index contributed by atoms with van der Waals surface area (Å²) < 4.78 is 25.9. The van der Waals surface area contributed by atoms with Crippen LogP contribution >= 0.6 is 27.5 Å². The molecule has 0 aromatic heterocycles. The number of rotatable bonds is 3. The van der Waals surface area contributed by atoms with E-state index in [1.165, 1.54) is 0 Å². The first-order chi connectivity index (χ1) is 9.76. The number of amides is 1. The number of piperidine rings is 1. The molecule has 1 heterocycles. The number of halogens is 2. The van der Waals surface area contributed by atoms with Crippen LogP contribution in [0.1, 0.15) is 23.2 Å². The zero-order valence-electron chi connectivity index (χ0n) is 11.5. The van der Waals surface area contributed by atoms with Crippen LogP contribution in [-0.2, 0) is 10.0 Å². The quantitative estimate of drug-likeness (QED) is 0.853. The number of nitrogens with zero attached hydrogens (tertiary/aromatic N) is 1. The maximum absolute atomic E-state index is 12.4. The van der Waals surface area contributed by atoms with Crippen molar-refractivity contribution in [3.05, 3.63) is 33.3 Å². The third kappa shape index (κ3) is 4.67. The van der Waals surface area contributed by atoms with Crippen molar-refractivity contribution < 1.29 is 13.2 Å². The van der Waals surface area contributed by atoms with E-state index < -0.39 is 10.0 Å². The van der Waals surface area contributed by atoms with E-state index in [1.54, 1.807) is 23.1 Å². The van der Waals surface area contributed by atoms with Gasteiger partial charge in [0.15, 0.2) is 0 Å². The van der Waals surface area contributed by atoms with Gasteiger partial charge in [0.2, 0.25) is 10.0 Å². The van der Waals surface area contributed by atoms with E-state index in [-0.39, 0.29) is 11.9 Å². The fourth-order valence-corrected chi connectivity index (χ4v) is 3.60. The average molecular weight is 396 g/mol. The molecule has 1 saturated heterocycles. The molecule has 1 unspecified atom stereocenters. The molecule has 0 aliphatic carbocycles. The highest BCUT2D eigenvalue weighted by molar-refractivity contribution is 9.10. The van der Waals surface area contributed by atoms with E-state index >= 15 is 0 Å². The Labute approximate surface area is 137 Å². The summed E-state index contributed by atoms with van der Waals surface area (Å²) in [5.74, 6) is -0.135. The first kappa shape index (κ1) is 16.7. The normalized spacial score (nSPS) is 19.6. The first-order valence-corrected chi connectivity index (χ1v) is 9.54. The van der Waals surface area contributed by atoms with E-state index in [0.717, 1.165) is 23.6 Å². The number of hydrogen-bond acceptors (Lipinski definition) is 3. The third-order valence-corrected chi connectivity index (χ3v) is 5.25. The molecule has 1 aromatic carbocycles. The number of hydrogen-bond donors (Lipinski definition) is 1. The molecule has 8 heteroatoms. The monoisotopic (exact) mass is 394 g/mol. The fraction of sp³-hybridized carbons (Fsp3) is 0.462. The van der Waals surface area contributed by atoms with Gasteiger partial charge >= 0.3 is 0 Å². The number of likely N-dealkylation sites (tertiary alicyclic amines) is 1. The van der Waals surface area contributed by atoms with Crippen molar-refractivity contribution in [3.63, 3.8) is 0 Å². The van der Waals surface area contributed by atoms with Crippen molar-refractivity contribution in [1.29, 1.82) is 0 Å². The van der Waals surface area contributed by atoms with E-state index in [9.17, 15) is 13.2 Å². The lowest BCUT2D eigenvalue weighted by molar-refractivity contribution is 0.0703. The fourth-order valence-electron chi connectivity index (χ4n) is 2.37. The highest BCUT2D eigenvalue weighted by atomic mass is 79.9. The summed E-state index contributed by atoms with van der Waals surface area (Å²) in [6.07, 6.45) is 2.63. The average Bonchev–Trinajstić information content (AvgIpc) is 2.39. The molecule has 0 radical (unpaired) electrons. The van der Waals surface area contributed by atoms with Crippen LogP contribution in [-0.4, -0.2) is 44.6 Å². The SMILES string of the molecule is CS(=O)(=O)NC1CCCN(C(=O)c2ccc(Br)c(Cl)c2)C1. The van der Waals surface area contributed by atoms with Crippen molar-refractivity contribution in [2.75, 3.05) is 19.3 Å². The number of nitrogens with one attached hydrogen (secondary N) is 1. The third-order valence-electron chi connectivity index (χ3n) is 3.26. The molecule has 0 spiro atoms. The summed E-state index contributed by atoms with van der Waals surface area (Å²) in [5.41, 5.74) is 0.503. The van der Waals surface area contributed by atoms with Gasteiger partial charge in [0.25, 0.3) is 5.91 Å². The summed E-state index contributed by atoms with van der Waals surface area (Å²) in [5, 5.41) is 0.476. The van der Waals surface area contributed by atoms with Crippen molar-refractivity contribution in [2.45, 2.75) is 18.9 Å². The molecule has 0 saturated carbocycles. The van der Waals surface area contributed by atoms with Gasteiger partial charge in [-0.05, 0) is 47.0 Å². The van der Waals surface area contributed by atoms with Crippen molar-refractivity contribution in [2.24, 2.45) is 0 Å². The first-order valence-electron chi connectivity index (χ1n) is 6.48. The molecule has 21 heavy (non-hydrogen) atoms. The molecule has 1 aromatic rings. The lowest BCUT2D eigenvalue weighted by Gasteiger charge is -2.32. The van der Waals surface area contributed by atoms with E-state index in [0.29, 0.717) is 23.7 Å². The predicted octanol–water partition coefficient (Wildman–Crippen LogP) is 2.26. The standard InChI is InChI=1S/C13H16BrClN2O3S/c1-21(19,20)16-10-3-2-6-17(8-10)13(18)9-4-5-11(14)12(15)7-9/h4-5,7,10,16H,2-3,6,8H2,1H3. The summed E-state index contributed by atoms with van der Waals surface area (Å²) in [6, 6.07) is 4.81. The van der Waals surface area contributed by atoms with Crippen LogP contribution < -0.4 is 4.72 Å². The molecule has 2 rings (SSSR count). The van der Waals surface area contributed by atoms with Gasteiger partial charge in [0, 0.05) is 29.2 Å². The van der Waals surface area contributed by atoms with Crippen LogP contribution in [0, 0.1) is 0 Å². The van der Waals surface area contributed by atoms with Crippen LogP contribution in [0.2, 0.25) is 5.02 Å². The van der Waals surface area contributed by atoms with Crippen molar-refractivity contribution in [1.82, 2.24) is 9.62 Å². The minimum Gasteiger partial charge on any atom is -0.337 e. The van der Waals surface area contributed by atoms with E-state index in [1.807, 2.05) is 0 Å². The van der Waals surface area contributed by atoms with Crippen LogP contribution in [0.4, 0.5) is 0 Å².